The number of methoxy groups -OCH3 is 1. The first-order chi connectivity index (χ1) is 11.2. The number of carbonyl (C=O) groups excluding carboxylic acids is 1. The van der Waals surface area contributed by atoms with E-state index in [-0.39, 0.29) is 6.03 Å². The minimum atomic E-state index is -0.0279. The van der Waals surface area contributed by atoms with Crippen LogP contribution in [-0.2, 0) is 6.54 Å². The Morgan fingerprint density at radius 3 is 2.96 bits per heavy atom. The molecule has 0 saturated heterocycles. The average molecular weight is 314 g/mol. The van der Waals surface area contributed by atoms with E-state index in [9.17, 15) is 4.79 Å². The summed E-state index contributed by atoms with van der Waals surface area (Å²) in [6, 6.07) is 8.19. The van der Waals surface area contributed by atoms with Gasteiger partial charge in [0, 0.05) is 12.6 Å². The summed E-state index contributed by atoms with van der Waals surface area (Å²) < 4.78 is 5.21. The molecule has 3 aliphatic rings. The SMILES string of the molecule is COc1cccc(CNC(=O)N[C@@H]2C[C@H]3C[C@H]2[C@@H]2CCC[C@@H]32)c1. The fourth-order valence-corrected chi connectivity index (χ4v) is 5.42. The van der Waals surface area contributed by atoms with Gasteiger partial charge in [0.25, 0.3) is 0 Å². The Hall–Kier alpha value is -1.71. The first-order valence-electron chi connectivity index (χ1n) is 8.92. The second-order valence-corrected chi connectivity index (χ2v) is 7.44. The quantitative estimate of drug-likeness (QED) is 0.896. The fraction of sp³-hybridized carbons (Fsp3) is 0.632. The molecule has 124 valence electrons. The fourth-order valence-electron chi connectivity index (χ4n) is 5.42. The molecule has 0 heterocycles. The van der Waals surface area contributed by atoms with Crippen LogP contribution in [0.15, 0.2) is 24.3 Å². The molecule has 3 aliphatic carbocycles. The Labute approximate surface area is 138 Å². The van der Waals surface area contributed by atoms with Crippen LogP contribution in [0.4, 0.5) is 4.79 Å². The first kappa shape index (κ1) is 14.9. The minimum absolute atomic E-state index is 0.0279. The topological polar surface area (TPSA) is 50.4 Å². The van der Waals surface area contributed by atoms with Crippen molar-refractivity contribution < 1.29 is 9.53 Å². The van der Waals surface area contributed by atoms with Gasteiger partial charge in [0.05, 0.1) is 7.11 Å². The number of carbonyl (C=O) groups is 1. The summed E-state index contributed by atoms with van der Waals surface area (Å²) in [5, 5.41) is 6.23. The van der Waals surface area contributed by atoms with E-state index in [0.717, 1.165) is 35.0 Å². The van der Waals surface area contributed by atoms with Crippen molar-refractivity contribution in [2.24, 2.45) is 23.7 Å². The summed E-state index contributed by atoms with van der Waals surface area (Å²) >= 11 is 0. The molecule has 0 unspecified atom stereocenters. The molecular weight excluding hydrogens is 288 g/mol. The lowest BCUT2D eigenvalue weighted by Crippen LogP contribution is -2.46. The highest BCUT2D eigenvalue weighted by molar-refractivity contribution is 5.74. The van der Waals surface area contributed by atoms with Gasteiger partial charge in [0.15, 0.2) is 0 Å². The van der Waals surface area contributed by atoms with Crippen LogP contribution in [0, 0.1) is 23.7 Å². The lowest BCUT2D eigenvalue weighted by Gasteiger charge is -2.32. The molecule has 0 radical (unpaired) electrons. The first-order valence-corrected chi connectivity index (χ1v) is 8.92. The largest absolute Gasteiger partial charge is 0.497 e. The molecule has 3 saturated carbocycles. The van der Waals surface area contributed by atoms with Crippen molar-refractivity contribution in [3.63, 3.8) is 0 Å². The third-order valence-electron chi connectivity index (χ3n) is 6.33. The number of nitrogens with one attached hydrogen (secondary N) is 2. The van der Waals surface area contributed by atoms with Crippen molar-refractivity contribution in [2.75, 3.05) is 7.11 Å². The maximum absolute atomic E-state index is 12.2. The Morgan fingerprint density at radius 2 is 2.09 bits per heavy atom. The molecular formula is C19H26N2O2. The second kappa shape index (κ2) is 6.06. The van der Waals surface area contributed by atoms with Crippen molar-refractivity contribution >= 4 is 6.03 Å². The van der Waals surface area contributed by atoms with Crippen LogP contribution in [0.5, 0.6) is 5.75 Å². The van der Waals surface area contributed by atoms with Gasteiger partial charge < -0.3 is 15.4 Å². The third kappa shape index (κ3) is 2.79. The van der Waals surface area contributed by atoms with Crippen molar-refractivity contribution in [3.05, 3.63) is 29.8 Å². The standard InChI is InChI=1S/C19H26N2O2/c1-23-14-5-2-4-12(8-14)11-20-19(22)21-18-10-13-9-17(18)16-7-3-6-15(13)16/h2,4-5,8,13,15-18H,3,6-7,9-11H2,1H3,(H2,20,21,22)/t13-,15+,16-,17+,18-/m1/s1. The van der Waals surface area contributed by atoms with E-state index in [2.05, 4.69) is 10.6 Å². The van der Waals surface area contributed by atoms with Crippen LogP contribution in [0.1, 0.15) is 37.7 Å². The van der Waals surface area contributed by atoms with Crippen LogP contribution in [0.25, 0.3) is 0 Å². The van der Waals surface area contributed by atoms with Gasteiger partial charge in [0.2, 0.25) is 0 Å². The van der Waals surface area contributed by atoms with Crippen molar-refractivity contribution in [1.82, 2.24) is 10.6 Å². The monoisotopic (exact) mass is 314 g/mol. The molecule has 1 aromatic rings. The molecule has 1 aromatic carbocycles. The van der Waals surface area contributed by atoms with E-state index in [1.807, 2.05) is 24.3 Å². The molecule has 23 heavy (non-hydrogen) atoms. The summed E-state index contributed by atoms with van der Waals surface area (Å²) in [6.45, 7) is 0.538. The number of ether oxygens (including phenoxy) is 1. The lowest BCUT2D eigenvalue weighted by atomic mass is 9.79. The van der Waals surface area contributed by atoms with Gasteiger partial charge in [-0.1, -0.05) is 18.6 Å². The Kier molecular flexibility index (Phi) is 3.92. The van der Waals surface area contributed by atoms with Crippen LogP contribution in [-0.4, -0.2) is 19.2 Å². The van der Waals surface area contributed by atoms with E-state index in [1.54, 1.807) is 7.11 Å². The highest BCUT2D eigenvalue weighted by atomic mass is 16.5. The van der Waals surface area contributed by atoms with E-state index in [4.69, 9.17) is 4.74 Å². The predicted octanol–water partition coefficient (Wildman–Crippen LogP) is 3.32. The van der Waals surface area contributed by atoms with Crippen molar-refractivity contribution in [2.45, 2.75) is 44.7 Å². The molecule has 2 N–H and O–H groups in total. The highest BCUT2D eigenvalue weighted by Crippen LogP contribution is 2.58. The number of amides is 2. The average Bonchev–Trinajstić information content (AvgIpc) is 3.26. The maximum atomic E-state index is 12.2. The normalized spacial score (nSPS) is 34.2. The minimum Gasteiger partial charge on any atom is -0.497 e. The predicted molar refractivity (Wildman–Crippen MR) is 89.2 cm³/mol. The number of rotatable bonds is 4. The molecule has 5 atom stereocenters. The van der Waals surface area contributed by atoms with Gasteiger partial charge >= 0.3 is 6.03 Å². The number of urea groups is 1. The molecule has 2 amide bonds. The molecule has 0 aliphatic heterocycles. The zero-order chi connectivity index (χ0) is 15.8. The number of hydrogen-bond acceptors (Lipinski definition) is 2. The summed E-state index contributed by atoms with van der Waals surface area (Å²) in [5.74, 6) is 4.28. The molecule has 4 nitrogen and oxygen atoms in total. The van der Waals surface area contributed by atoms with Crippen molar-refractivity contribution in [3.8, 4) is 5.75 Å². The van der Waals surface area contributed by atoms with Gasteiger partial charge in [-0.3, -0.25) is 0 Å². The highest BCUT2D eigenvalue weighted by Gasteiger charge is 2.53. The van der Waals surface area contributed by atoms with Crippen LogP contribution in [0.2, 0.25) is 0 Å². The summed E-state index contributed by atoms with van der Waals surface area (Å²) in [4.78, 5) is 12.2. The smallest absolute Gasteiger partial charge is 0.315 e. The van der Waals surface area contributed by atoms with E-state index < -0.39 is 0 Å². The van der Waals surface area contributed by atoms with E-state index in [0.29, 0.717) is 12.6 Å². The second-order valence-electron chi connectivity index (χ2n) is 7.44. The lowest BCUT2D eigenvalue weighted by molar-refractivity contribution is 0.197. The zero-order valence-electron chi connectivity index (χ0n) is 13.8. The van der Waals surface area contributed by atoms with E-state index >= 15 is 0 Å². The Morgan fingerprint density at radius 1 is 1.22 bits per heavy atom. The Balaban J connectivity index is 1.29. The number of hydrogen-bond donors (Lipinski definition) is 2. The van der Waals surface area contributed by atoms with Crippen LogP contribution in [0.3, 0.4) is 0 Å². The summed E-state index contributed by atoms with van der Waals surface area (Å²) in [5.41, 5.74) is 1.06. The van der Waals surface area contributed by atoms with E-state index in [1.165, 1.54) is 32.1 Å². The van der Waals surface area contributed by atoms with Gasteiger partial charge in [-0.15, -0.1) is 0 Å². The molecule has 0 aromatic heterocycles. The molecule has 4 rings (SSSR count). The van der Waals surface area contributed by atoms with Gasteiger partial charge in [-0.2, -0.15) is 0 Å². The van der Waals surface area contributed by atoms with Crippen LogP contribution >= 0.6 is 0 Å². The molecule has 0 spiro atoms. The van der Waals surface area contributed by atoms with Gasteiger partial charge in [-0.05, 0) is 67.1 Å². The summed E-state index contributed by atoms with van der Waals surface area (Å²) in [7, 11) is 1.66. The van der Waals surface area contributed by atoms with Crippen LogP contribution < -0.4 is 15.4 Å². The van der Waals surface area contributed by atoms with Gasteiger partial charge in [0.1, 0.15) is 5.75 Å². The molecule has 2 bridgehead atoms. The Bertz CT molecular complexity index is 588. The number of fused-ring (bicyclic) bond motifs is 5. The molecule has 3 fully saturated rings. The van der Waals surface area contributed by atoms with Crippen molar-refractivity contribution in [1.29, 1.82) is 0 Å². The molecule has 4 heteroatoms. The zero-order valence-corrected chi connectivity index (χ0v) is 13.8. The summed E-state index contributed by atoms with van der Waals surface area (Å²) in [6.07, 6.45) is 6.75. The maximum Gasteiger partial charge on any atom is 0.315 e. The number of benzene rings is 1. The third-order valence-corrected chi connectivity index (χ3v) is 6.33. The van der Waals surface area contributed by atoms with Gasteiger partial charge in [-0.25, -0.2) is 4.79 Å².